The third kappa shape index (κ3) is 4.35. The van der Waals surface area contributed by atoms with Crippen LogP contribution in [-0.4, -0.2) is 21.0 Å². The fraction of sp³-hybridized carbons (Fsp3) is 0.200. The van der Waals surface area contributed by atoms with Crippen LogP contribution in [0, 0.1) is 0 Å². The summed E-state index contributed by atoms with van der Waals surface area (Å²) in [6.07, 6.45) is 0.982. The van der Waals surface area contributed by atoms with Crippen molar-refractivity contribution in [2.45, 2.75) is 17.8 Å². The van der Waals surface area contributed by atoms with Gasteiger partial charge in [0.1, 0.15) is 0 Å². The molecule has 2 N–H and O–H groups in total. The van der Waals surface area contributed by atoms with E-state index < -0.39 is 0 Å². The van der Waals surface area contributed by atoms with Gasteiger partial charge in [0.25, 0.3) is 0 Å². The maximum absolute atomic E-state index is 6.17. The Kier molecular flexibility index (Phi) is 4.81. The van der Waals surface area contributed by atoms with Crippen molar-refractivity contribution >= 4 is 19.4 Å². The minimum absolute atomic E-state index is 0.276. The van der Waals surface area contributed by atoms with Crippen LogP contribution in [0.15, 0.2) is 60.7 Å². The van der Waals surface area contributed by atoms with Crippen molar-refractivity contribution in [1.82, 2.24) is 0 Å². The summed E-state index contributed by atoms with van der Waals surface area (Å²) in [6, 6.07) is 21.4. The van der Waals surface area contributed by atoms with E-state index in [1.807, 2.05) is 6.07 Å². The summed E-state index contributed by atoms with van der Waals surface area (Å²) < 4.78 is 1.43. The molecule has 88 valence electrons. The number of hydrogen-bond donors (Lipinski definition) is 1. The molecule has 2 heteroatoms. The van der Waals surface area contributed by atoms with E-state index in [4.69, 9.17) is 5.73 Å². The van der Waals surface area contributed by atoms with Gasteiger partial charge in [0.2, 0.25) is 0 Å². The van der Waals surface area contributed by atoms with Crippen molar-refractivity contribution < 1.29 is 0 Å². The van der Waals surface area contributed by atoms with Crippen LogP contribution in [-0.2, 0) is 6.42 Å². The molecule has 1 atom stereocenters. The zero-order valence-electron chi connectivity index (χ0n) is 9.75. The summed E-state index contributed by atoms with van der Waals surface area (Å²) in [5.74, 6) is 0. The molecule has 0 bridgehead atoms. The summed E-state index contributed by atoms with van der Waals surface area (Å²) in [7, 11) is 0. The third-order valence-corrected chi connectivity index (χ3v) is 5.07. The normalized spacial score (nSPS) is 12.3. The van der Waals surface area contributed by atoms with Gasteiger partial charge in [-0.3, -0.25) is 0 Å². The maximum atomic E-state index is 6.17. The van der Waals surface area contributed by atoms with Crippen LogP contribution in [0.3, 0.4) is 0 Å². The van der Waals surface area contributed by atoms with E-state index in [1.165, 1.54) is 10.0 Å². The molecule has 2 aromatic rings. The van der Waals surface area contributed by atoms with Crippen LogP contribution in [0.2, 0.25) is 5.32 Å². The fourth-order valence-corrected chi connectivity index (χ4v) is 3.53. The molecule has 0 spiro atoms. The van der Waals surface area contributed by atoms with Gasteiger partial charge >= 0.3 is 109 Å². The topological polar surface area (TPSA) is 26.0 Å². The van der Waals surface area contributed by atoms with Crippen molar-refractivity contribution in [2.24, 2.45) is 5.73 Å². The van der Waals surface area contributed by atoms with Crippen molar-refractivity contribution in [3.63, 3.8) is 0 Å². The molecule has 0 radical (unpaired) electrons. The average Bonchev–Trinajstić information content (AvgIpc) is 2.39. The molecule has 2 rings (SSSR count). The van der Waals surface area contributed by atoms with Gasteiger partial charge in [0, 0.05) is 0 Å². The molecule has 0 aliphatic rings. The van der Waals surface area contributed by atoms with Crippen molar-refractivity contribution in [2.75, 3.05) is 0 Å². The van der Waals surface area contributed by atoms with Crippen LogP contribution in [0.1, 0.15) is 5.56 Å². The first kappa shape index (κ1) is 12.4. The van der Waals surface area contributed by atoms with Crippen LogP contribution in [0.25, 0.3) is 0 Å². The second-order valence-electron chi connectivity index (χ2n) is 4.07. The van der Waals surface area contributed by atoms with Crippen molar-refractivity contribution in [1.29, 1.82) is 0 Å². The average molecular weight is 290 g/mol. The third-order valence-electron chi connectivity index (χ3n) is 2.55. The molecule has 0 heterocycles. The number of rotatable bonds is 5. The van der Waals surface area contributed by atoms with Gasteiger partial charge in [-0.25, -0.2) is 0 Å². The Morgan fingerprint density at radius 1 is 0.882 bits per heavy atom. The molecule has 0 saturated carbocycles. The van der Waals surface area contributed by atoms with Crippen LogP contribution in [0.5, 0.6) is 0 Å². The van der Waals surface area contributed by atoms with Gasteiger partial charge in [0.05, 0.1) is 0 Å². The summed E-state index contributed by atoms with van der Waals surface area (Å²) >= 11 is 0.495. The van der Waals surface area contributed by atoms with Crippen LogP contribution < -0.4 is 10.2 Å². The minimum atomic E-state index is 0.276. The molecule has 0 aliphatic carbocycles. The zero-order chi connectivity index (χ0) is 11.9. The van der Waals surface area contributed by atoms with Gasteiger partial charge in [-0.1, -0.05) is 0 Å². The molecule has 0 unspecified atom stereocenters. The van der Waals surface area contributed by atoms with Gasteiger partial charge < -0.3 is 0 Å². The van der Waals surface area contributed by atoms with Gasteiger partial charge in [-0.2, -0.15) is 0 Å². The number of hydrogen-bond acceptors (Lipinski definition) is 1. The van der Waals surface area contributed by atoms with E-state index in [0.717, 1.165) is 11.7 Å². The zero-order valence-corrected chi connectivity index (χ0v) is 11.5. The van der Waals surface area contributed by atoms with E-state index >= 15 is 0 Å². The van der Waals surface area contributed by atoms with Gasteiger partial charge in [-0.05, 0) is 0 Å². The van der Waals surface area contributed by atoms with E-state index in [9.17, 15) is 0 Å². The Hall–Kier alpha value is -1.08. The van der Waals surface area contributed by atoms with Crippen molar-refractivity contribution in [3.05, 3.63) is 66.2 Å². The van der Waals surface area contributed by atoms with E-state index in [1.54, 1.807) is 0 Å². The summed E-state index contributed by atoms with van der Waals surface area (Å²) in [5.41, 5.74) is 7.51. The Bertz CT molecular complexity index is 427. The Balaban J connectivity index is 1.80. The quantitative estimate of drug-likeness (QED) is 0.838. The molecular formula is C15H17NSe. The summed E-state index contributed by atoms with van der Waals surface area (Å²) in [4.78, 5) is 0. The van der Waals surface area contributed by atoms with Crippen LogP contribution in [0.4, 0.5) is 0 Å². The fourth-order valence-electron chi connectivity index (χ4n) is 1.70. The standard InChI is InChI=1S/C15H17NSe/c16-14(11-13-7-3-1-4-8-13)12-17-15-9-5-2-6-10-15/h1-10,14H,11-12,16H2/t14-/m0/s1. The van der Waals surface area contributed by atoms with E-state index in [2.05, 4.69) is 54.6 Å². The first-order valence-corrected chi connectivity index (χ1v) is 7.89. The molecule has 17 heavy (non-hydrogen) atoms. The van der Waals surface area contributed by atoms with E-state index in [-0.39, 0.29) is 6.04 Å². The molecule has 0 amide bonds. The molecule has 2 aromatic carbocycles. The SMILES string of the molecule is N[C@H](C[Se]c1ccccc1)Cc1ccccc1. The number of benzene rings is 2. The molecule has 0 aromatic heterocycles. The predicted molar refractivity (Wildman–Crippen MR) is 74.8 cm³/mol. The predicted octanol–water partition coefficient (Wildman–Crippen LogP) is 2.00. The summed E-state index contributed by atoms with van der Waals surface area (Å²) in [6.45, 7) is 0. The van der Waals surface area contributed by atoms with Gasteiger partial charge in [-0.15, -0.1) is 0 Å². The molecule has 0 fully saturated rings. The Morgan fingerprint density at radius 3 is 2.12 bits per heavy atom. The van der Waals surface area contributed by atoms with E-state index in [0.29, 0.717) is 15.0 Å². The van der Waals surface area contributed by atoms with Crippen LogP contribution >= 0.6 is 0 Å². The van der Waals surface area contributed by atoms with Crippen molar-refractivity contribution in [3.8, 4) is 0 Å². The molecule has 1 nitrogen and oxygen atoms in total. The molecule has 0 aliphatic heterocycles. The Morgan fingerprint density at radius 2 is 1.47 bits per heavy atom. The first-order valence-electron chi connectivity index (χ1n) is 5.82. The Labute approximate surface area is 109 Å². The second kappa shape index (κ2) is 6.61. The number of nitrogens with two attached hydrogens (primary N) is 1. The second-order valence-corrected chi connectivity index (χ2v) is 6.37. The van der Waals surface area contributed by atoms with Gasteiger partial charge in [0.15, 0.2) is 0 Å². The summed E-state index contributed by atoms with van der Waals surface area (Å²) in [5, 5.41) is 1.10. The molecular weight excluding hydrogens is 273 g/mol. The first-order chi connectivity index (χ1) is 8.34. The monoisotopic (exact) mass is 291 g/mol. The molecule has 0 saturated heterocycles.